The van der Waals surface area contributed by atoms with Crippen LogP contribution >= 0.6 is 0 Å². The van der Waals surface area contributed by atoms with Gasteiger partial charge in [-0.05, 0) is 81.4 Å². The molecule has 1 nitrogen and oxygen atoms in total. The molecule has 0 spiro atoms. The highest BCUT2D eigenvalue weighted by atomic mass is 15.1. The summed E-state index contributed by atoms with van der Waals surface area (Å²) in [5, 5.41) is 0. The molecule has 0 bridgehead atoms. The maximum atomic E-state index is 2.36. The van der Waals surface area contributed by atoms with E-state index in [0.717, 1.165) is 17.1 Å². The van der Waals surface area contributed by atoms with Crippen LogP contribution in [0.15, 0.2) is 188 Å². The minimum absolute atomic E-state index is 1.11. The van der Waals surface area contributed by atoms with E-state index in [9.17, 15) is 0 Å². The highest BCUT2D eigenvalue weighted by Gasteiger charge is 2.18. The standard InChI is InChI=1S/C42H31N/c1-5-14-32(15-6-1)34-24-27-40(28-25-34)43(39-22-11-4-12-23-39)42-29-26-38(31-41(42)35-18-9-3-10-19-35)37-21-13-20-36(30-37)33-16-7-2-8-17-33/h1-31H. The van der Waals surface area contributed by atoms with Crippen molar-refractivity contribution in [3.8, 4) is 44.5 Å². The molecule has 0 N–H and O–H groups in total. The Morgan fingerprint density at radius 2 is 0.651 bits per heavy atom. The number of nitrogens with zero attached hydrogens (tertiary/aromatic N) is 1. The lowest BCUT2D eigenvalue weighted by atomic mass is 9.94. The maximum Gasteiger partial charge on any atom is 0.0540 e. The van der Waals surface area contributed by atoms with E-state index in [1.54, 1.807) is 0 Å². The molecule has 7 aromatic rings. The number of para-hydroxylation sites is 1. The molecule has 0 saturated carbocycles. The average molecular weight is 550 g/mol. The van der Waals surface area contributed by atoms with Crippen molar-refractivity contribution < 1.29 is 0 Å². The Hall–Kier alpha value is -5.66. The summed E-state index contributed by atoms with van der Waals surface area (Å²) in [5.41, 5.74) is 13.0. The third kappa shape index (κ3) is 5.62. The maximum absolute atomic E-state index is 2.36. The summed E-state index contributed by atoms with van der Waals surface area (Å²) in [4.78, 5) is 2.36. The van der Waals surface area contributed by atoms with Gasteiger partial charge in [-0.1, -0.05) is 146 Å². The fourth-order valence-electron chi connectivity index (χ4n) is 5.71. The molecular formula is C42H31N. The minimum Gasteiger partial charge on any atom is -0.310 e. The SMILES string of the molecule is c1ccc(-c2ccc(N(c3ccccc3)c3ccc(-c4cccc(-c5ccccc5)c4)cc3-c3ccccc3)cc2)cc1. The van der Waals surface area contributed by atoms with Crippen LogP contribution in [0.2, 0.25) is 0 Å². The summed E-state index contributed by atoms with van der Waals surface area (Å²) in [6, 6.07) is 67.0. The Morgan fingerprint density at radius 1 is 0.256 bits per heavy atom. The highest BCUT2D eigenvalue weighted by molar-refractivity contribution is 5.91. The smallest absolute Gasteiger partial charge is 0.0540 e. The van der Waals surface area contributed by atoms with Gasteiger partial charge in [-0.2, -0.15) is 0 Å². The predicted octanol–water partition coefficient (Wildman–Crippen LogP) is 11.8. The molecule has 0 fully saturated rings. The van der Waals surface area contributed by atoms with E-state index in [1.807, 2.05) is 0 Å². The van der Waals surface area contributed by atoms with Crippen LogP contribution in [-0.2, 0) is 0 Å². The van der Waals surface area contributed by atoms with Crippen LogP contribution in [0.5, 0.6) is 0 Å². The van der Waals surface area contributed by atoms with Crippen molar-refractivity contribution in [1.29, 1.82) is 0 Å². The molecule has 0 aromatic heterocycles. The first-order chi connectivity index (χ1) is 21.3. The van der Waals surface area contributed by atoms with Crippen LogP contribution in [0, 0.1) is 0 Å². The molecule has 43 heavy (non-hydrogen) atoms. The van der Waals surface area contributed by atoms with Gasteiger partial charge in [0.2, 0.25) is 0 Å². The van der Waals surface area contributed by atoms with E-state index in [0.29, 0.717) is 0 Å². The number of hydrogen-bond donors (Lipinski definition) is 0. The third-order valence-corrected chi connectivity index (χ3v) is 7.87. The largest absolute Gasteiger partial charge is 0.310 e. The van der Waals surface area contributed by atoms with Crippen LogP contribution in [0.4, 0.5) is 17.1 Å². The molecule has 204 valence electrons. The highest BCUT2D eigenvalue weighted by Crippen LogP contribution is 2.43. The lowest BCUT2D eigenvalue weighted by Crippen LogP contribution is -2.11. The second-order valence-electron chi connectivity index (χ2n) is 10.6. The van der Waals surface area contributed by atoms with Crippen molar-refractivity contribution in [2.45, 2.75) is 0 Å². The van der Waals surface area contributed by atoms with Crippen LogP contribution in [0.3, 0.4) is 0 Å². The fourth-order valence-corrected chi connectivity index (χ4v) is 5.71. The Morgan fingerprint density at radius 3 is 1.26 bits per heavy atom. The Bertz CT molecular complexity index is 1930. The first kappa shape index (κ1) is 26.3. The third-order valence-electron chi connectivity index (χ3n) is 7.87. The quantitative estimate of drug-likeness (QED) is 0.191. The molecule has 0 saturated heterocycles. The van der Waals surface area contributed by atoms with E-state index in [2.05, 4.69) is 193 Å². The molecule has 0 unspecified atom stereocenters. The zero-order valence-electron chi connectivity index (χ0n) is 23.8. The van der Waals surface area contributed by atoms with Crippen molar-refractivity contribution in [2.24, 2.45) is 0 Å². The minimum atomic E-state index is 1.11. The van der Waals surface area contributed by atoms with Gasteiger partial charge < -0.3 is 4.90 Å². The summed E-state index contributed by atoms with van der Waals surface area (Å²) in [5.74, 6) is 0. The molecule has 7 aromatic carbocycles. The molecule has 0 aliphatic heterocycles. The van der Waals surface area contributed by atoms with Gasteiger partial charge in [-0.15, -0.1) is 0 Å². The second kappa shape index (κ2) is 12.1. The van der Waals surface area contributed by atoms with E-state index in [1.165, 1.54) is 44.5 Å². The van der Waals surface area contributed by atoms with E-state index in [-0.39, 0.29) is 0 Å². The Kier molecular flexibility index (Phi) is 7.36. The molecule has 0 amide bonds. The Balaban J connectivity index is 1.37. The summed E-state index contributed by atoms with van der Waals surface area (Å²) in [6.07, 6.45) is 0. The summed E-state index contributed by atoms with van der Waals surface area (Å²) >= 11 is 0. The number of anilines is 3. The van der Waals surface area contributed by atoms with Crippen LogP contribution in [0.1, 0.15) is 0 Å². The van der Waals surface area contributed by atoms with E-state index >= 15 is 0 Å². The van der Waals surface area contributed by atoms with Gasteiger partial charge >= 0.3 is 0 Å². The van der Waals surface area contributed by atoms with Gasteiger partial charge in [0, 0.05) is 16.9 Å². The Labute approximate surface area is 254 Å². The van der Waals surface area contributed by atoms with Crippen molar-refractivity contribution >= 4 is 17.1 Å². The lowest BCUT2D eigenvalue weighted by Gasteiger charge is -2.28. The van der Waals surface area contributed by atoms with Gasteiger partial charge in [0.1, 0.15) is 0 Å². The first-order valence-corrected chi connectivity index (χ1v) is 14.7. The van der Waals surface area contributed by atoms with Crippen molar-refractivity contribution in [3.63, 3.8) is 0 Å². The monoisotopic (exact) mass is 549 g/mol. The summed E-state index contributed by atoms with van der Waals surface area (Å²) < 4.78 is 0. The molecule has 0 heterocycles. The van der Waals surface area contributed by atoms with Crippen LogP contribution in [0.25, 0.3) is 44.5 Å². The average Bonchev–Trinajstić information content (AvgIpc) is 3.10. The second-order valence-corrected chi connectivity index (χ2v) is 10.6. The topological polar surface area (TPSA) is 3.24 Å². The number of benzene rings is 7. The fraction of sp³-hybridized carbons (Fsp3) is 0. The predicted molar refractivity (Wildman–Crippen MR) is 183 cm³/mol. The van der Waals surface area contributed by atoms with Gasteiger partial charge in [0.25, 0.3) is 0 Å². The summed E-state index contributed by atoms with van der Waals surface area (Å²) in [7, 11) is 0. The zero-order valence-corrected chi connectivity index (χ0v) is 23.8. The molecule has 7 rings (SSSR count). The molecule has 1 heteroatoms. The van der Waals surface area contributed by atoms with Gasteiger partial charge in [0.15, 0.2) is 0 Å². The molecule has 0 atom stereocenters. The van der Waals surface area contributed by atoms with E-state index in [4.69, 9.17) is 0 Å². The molecule has 0 aliphatic carbocycles. The van der Waals surface area contributed by atoms with Crippen LogP contribution < -0.4 is 4.90 Å². The zero-order chi connectivity index (χ0) is 28.8. The summed E-state index contributed by atoms with van der Waals surface area (Å²) in [6.45, 7) is 0. The van der Waals surface area contributed by atoms with Gasteiger partial charge in [-0.3, -0.25) is 0 Å². The van der Waals surface area contributed by atoms with Crippen molar-refractivity contribution in [1.82, 2.24) is 0 Å². The molecule has 0 aliphatic rings. The number of rotatable bonds is 7. The van der Waals surface area contributed by atoms with Crippen molar-refractivity contribution in [2.75, 3.05) is 4.90 Å². The van der Waals surface area contributed by atoms with Gasteiger partial charge in [-0.25, -0.2) is 0 Å². The molecular weight excluding hydrogens is 518 g/mol. The normalized spacial score (nSPS) is 10.8. The lowest BCUT2D eigenvalue weighted by molar-refractivity contribution is 1.28. The van der Waals surface area contributed by atoms with Gasteiger partial charge in [0.05, 0.1) is 5.69 Å². The first-order valence-electron chi connectivity index (χ1n) is 14.7. The van der Waals surface area contributed by atoms with Crippen LogP contribution in [-0.4, -0.2) is 0 Å². The number of hydrogen-bond acceptors (Lipinski definition) is 1. The molecule has 0 radical (unpaired) electrons. The van der Waals surface area contributed by atoms with Crippen molar-refractivity contribution in [3.05, 3.63) is 188 Å². The van der Waals surface area contributed by atoms with E-state index < -0.39 is 0 Å².